The highest BCUT2D eigenvalue weighted by molar-refractivity contribution is 5.97. The lowest BCUT2D eigenvalue weighted by Gasteiger charge is -2.15. The zero-order valence-corrected chi connectivity index (χ0v) is 17.9. The summed E-state index contributed by atoms with van der Waals surface area (Å²) in [5, 5.41) is 0.427. The SMILES string of the molecule is CC(=O)Oc1cccc(COc2cccc(-c3c(C)cnc4c(C(F)(F)F)cccc34)c2)c1. The molecular formula is C26H20F3NO3. The van der Waals surface area contributed by atoms with Crippen molar-refractivity contribution in [1.82, 2.24) is 4.98 Å². The fraction of sp³-hybridized carbons (Fsp3) is 0.154. The first-order chi connectivity index (χ1) is 15.7. The molecule has 0 amide bonds. The minimum atomic E-state index is -4.50. The van der Waals surface area contributed by atoms with Gasteiger partial charge >= 0.3 is 12.1 Å². The number of halogens is 3. The topological polar surface area (TPSA) is 48.4 Å². The summed E-state index contributed by atoms with van der Waals surface area (Å²) >= 11 is 0. The number of carbonyl (C=O) groups is 1. The molecule has 1 aromatic heterocycles. The van der Waals surface area contributed by atoms with Gasteiger partial charge in [-0.3, -0.25) is 9.78 Å². The summed E-state index contributed by atoms with van der Waals surface area (Å²) in [6.07, 6.45) is -3.04. The lowest BCUT2D eigenvalue weighted by Crippen LogP contribution is -2.07. The number of alkyl halides is 3. The first-order valence-corrected chi connectivity index (χ1v) is 10.2. The summed E-state index contributed by atoms with van der Waals surface area (Å²) < 4.78 is 51.5. The van der Waals surface area contributed by atoms with Crippen molar-refractivity contribution in [3.05, 3.63) is 89.6 Å². The Kier molecular flexibility index (Phi) is 6.05. The smallest absolute Gasteiger partial charge is 0.418 e. The van der Waals surface area contributed by atoms with E-state index in [4.69, 9.17) is 9.47 Å². The molecule has 0 aliphatic rings. The zero-order valence-electron chi connectivity index (χ0n) is 17.9. The second kappa shape index (κ2) is 8.94. The minimum Gasteiger partial charge on any atom is -0.489 e. The van der Waals surface area contributed by atoms with Crippen LogP contribution >= 0.6 is 0 Å². The number of fused-ring (bicyclic) bond motifs is 1. The molecule has 33 heavy (non-hydrogen) atoms. The van der Waals surface area contributed by atoms with Crippen LogP contribution in [0.1, 0.15) is 23.6 Å². The third-order valence-corrected chi connectivity index (χ3v) is 5.08. The highest BCUT2D eigenvalue weighted by Gasteiger charge is 2.33. The van der Waals surface area contributed by atoms with Gasteiger partial charge in [-0.15, -0.1) is 0 Å². The van der Waals surface area contributed by atoms with Gasteiger partial charge in [-0.25, -0.2) is 0 Å². The van der Waals surface area contributed by atoms with Gasteiger partial charge < -0.3 is 9.47 Å². The number of aromatic nitrogens is 1. The van der Waals surface area contributed by atoms with E-state index in [9.17, 15) is 18.0 Å². The Morgan fingerprint density at radius 2 is 1.70 bits per heavy atom. The minimum absolute atomic E-state index is 0.0841. The molecular weight excluding hydrogens is 431 g/mol. The van der Waals surface area contributed by atoms with Gasteiger partial charge in [0.25, 0.3) is 0 Å². The molecule has 0 saturated heterocycles. The molecule has 7 heteroatoms. The fourth-order valence-corrected chi connectivity index (χ4v) is 3.71. The molecule has 1 heterocycles. The van der Waals surface area contributed by atoms with Crippen LogP contribution in [0.15, 0.2) is 72.9 Å². The molecule has 0 unspecified atom stereocenters. The van der Waals surface area contributed by atoms with Gasteiger partial charge in [0.05, 0.1) is 11.1 Å². The van der Waals surface area contributed by atoms with Crippen LogP contribution in [0.4, 0.5) is 13.2 Å². The molecule has 4 aromatic rings. The Morgan fingerprint density at radius 3 is 2.45 bits per heavy atom. The number of hydrogen-bond donors (Lipinski definition) is 0. The number of rotatable bonds is 5. The average molecular weight is 451 g/mol. The molecule has 0 spiro atoms. The molecule has 0 saturated carbocycles. The fourth-order valence-electron chi connectivity index (χ4n) is 3.71. The van der Waals surface area contributed by atoms with E-state index in [0.29, 0.717) is 22.4 Å². The molecule has 168 valence electrons. The second-order valence-electron chi connectivity index (χ2n) is 7.57. The monoisotopic (exact) mass is 451 g/mol. The van der Waals surface area contributed by atoms with Gasteiger partial charge in [-0.05, 0) is 59.5 Å². The van der Waals surface area contributed by atoms with E-state index in [2.05, 4.69) is 4.98 Å². The Hall–Kier alpha value is -3.87. The Morgan fingerprint density at radius 1 is 0.970 bits per heavy atom. The largest absolute Gasteiger partial charge is 0.489 e. The molecule has 4 nitrogen and oxygen atoms in total. The van der Waals surface area contributed by atoms with Crippen LogP contribution in [-0.2, 0) is 17.6 Å². The summed E-state index contributed by atoms with van der Waals surface area (Å²) in [6, 6.07) is 18.3. The van der Waals surface area contributed by atoms with Crippen LogP contribution in [0.3, 0.4) is 0 Å². The number of ether oxygens (including phenoxy) is 2. The molecule has 0 bridgehead atoms. The van der Waals surface area contributed by atoms with E-state index in [1.54, 1.807) is 42.5 Å². The third kappa shape index (κ3) is 4.98. The van der Waals surface area contributed by atoms with Crippen molar-refractivity contribution in [2.45, 2.75) is 26.6 Å². The predicted molar refractivity (Wildman–Crippen MR) is 119 cm³/mol. The van der Waals surface area contributed by atoms with Crippen molar-refractivity contribution in [1.29, 1.82) is 0 Å². The molecule has 0 atom stereocenters. The van der Waals surface area contributed by atoms with Gasteiger partial charge in [-0.1, -0.05) is 36.4 Å². The summed E-state index contributed by atoms with van der Waals surface area (Å²) in [6.45, 7) is 3.38. The normalized spacial score (nSPS) is 11.4. The lowest BCUT2D eigenvalue weighted by molar-refractivity contribution is -0.136. The van der Waals surface area contributed by atoms with Crippen LogP contribution in [-0.4, -0.2) is 11.0 Å². The van der Waals surface area contributed by atoms with Gasteiger partial charge in [-0.2, -0.15) is 13.2 Å². The van der Waals surface area contributed by atoms with Crippen molar-refractivity contribution in [3.8, 4) is 22.6 Å². The Balaban J connectivity index is 1.66. The van der Waals surface area contributed by atoms with Crippen LogP contribution in [0, 0.1) is 6.92 Å². The van der Waals surface area contributed by atoms with E-state index in [1.807, 2.05) is 19.1 Å². The molecule has 0 radical (unpaired) electrons. The van der Waals surface area contributed by atoms with Crippen LogP contribution in [0.25, 0.3) is 22.0 Å². The van der Waals surface area contributed by atoms with E-state index in [1.165, 1.54) is 19.2 Å². The maximum atomic E-state index is 13.5. The van der Waals surface area contributed by atoms with Crippen LogP contribution < -0.4 is 9.47 Å². The first-order valence-electron chi connectivity index (χ1n) is 10.2. The number of aryl methyl sites for hydroxylation is 1. The third-order valence-electron chi connectivity index (χ3n) is 5.08. The first kappa shape index (κ1) is 22.3. The Bertz CT molecular complexity index is 1330. The quantitative estimate of drug-likeness (QED) is 0.249. The van der Waals surface area contributed by atoms with Crippen LogP contribution in [0.5, 0.6) is 11.5 Å². The summed E-state index contributed by atoms with van der Waals surface area (Å²) in [7, 11) is 0. The number of nitrogens with zero attached hydrogens (tertiary/aromatic N) is 1. The van der Waals surface area contributed by atoms with Crippen molar-refractivity contribution in [2.75, 3.05) is 0 Å². The number of pyridine rings is 1. The number of hydrogen-bond acceptors (Lipinski definition) is 4. The molecule has 4 rings (SSSR count). The highest BCUT2D eigenvalue weighted by atomic mass is 19.4. The number of para-hydroxylation sites is 1. The molecule has 0 aliphatic carbocycles. The lowest BCUT2D eigenvalue weighted by atomic mass is 9.95. The highest BCUT2D eigenvalue weighted by Crippen LogP contribution is 2.38. The van der Waals surface area contributed by atoms with Gasteiger partial charge in [0.1, 0.15) is 18.1 Å². The van der Waals surface area contributed by atoms with Gasteiger partial charge in [0.2, 0.25) is 0 Å². The standard InChI is InChI=1S/C26H20F3NO3/c1-16-14-30-25-22(10-5-11-23(25)26(27,28)29)24(16)19-7-4-8-20(13-19)32-15-18-6-3-9-21(12-18)33-17(2)31/h3-14H,15H2,1-2H3. The number of esters is 1. The molecule has 0 aliphatic heterocycles. The van der Waals surface area contributed by atoms with Crippen molar-refractivity contribution < 1.29 is 27.4 Å². The molecule has 0 fully saturated rings. The number of benzene rings is 3. The van der Waals surface area contributed by atoms with E-state index in [-0.39, 0.29) is 12.1 Å². The predicted octanol–water partition coefficient (Wildman–Crippen LogP) is 6.73. The van der Waals surface area contributed by atoms with Gasteiger partial charge in [0.15, 0.2) is 0 Å². The average Bonchev–Trinajstić information content (AvgIpc) is 2.76. The summed E-state index contributed by atoms with van der Waals surface area (Å²) in [4.78, 5) is 15.2. The van der Waals surface area contributed by atoms with Crippen molar-refractivity contribution in [2.24, 2.45) is 0 Å². The van der Waals surface area contributed by atoms with E-state index < -0.39 is 17.7 Å². The molecule has 0 N–H and O–H groups in total. The summed E-state index contributed by atoms with van der Waals surface area (Å²) in [5.74, 6) is 0.577. The second-order valence-corrected chi connectivity index (χ2v) is 7.57. The number of carbonyl (C=O) groups excluding carboxylic acids is 1. The Labute approximate surface area is 188 Å². The zero-order chi connectivity index (χ0) is 23.6. The van der Waals surface area contributed by atoms with Crippen molar-refractivity contribution in [3.63, 3.8) is 0 Å². The van der Waals surface area contributed by atoms with Crippen molar-refractivity contribution >= 4 is 16.9 Å². The van der Waals surface area contributed by atoms with Gasteiger partial charge in [0, 0.05) is 18.5 Å². The maximum Gasteiger partial charge on any atom is 0.418 e. The van der Waals surface area contributed by atoms with Crippen LogP contribution in [0.2, 0.25) is 0 Å². The van der Waals surface area contributed by atoms with E-state index >= 15 is 0 Å². The van der Waals surface area contributed by atoms with E-state index in [0.717, 1.165) is 22.8 Å². The maximum absolute atomic E-state index is 13.5. The summed E-state index contributed by atoms with van der Waals surface area (Å²) in [5.41, 5.74) is 2.12. The molecule has 3 aromatic carbocycles.